The molecule has 1 amide bonds. The van der Waals surface area contributed by atoms with Gasteiger partial charge in [0.05, 0.1) is 24.1 Å². The van der Waals surface area contributed by atoms with Crippen molar-refractivity contribution in [2.45, 2.75) is 0 Å². The maximum atomic E-state index is 12.7. The number of aliphatic hydroxyl groups is 1. The summed E-state index contributed by atoms with van der Waals surface area (Å²) in [5.74, 6) is 0.714. The molecule has 8 heteroatoms. The van der Waals surface area contributed by atoms with Crippen molar-refractivity contribution in [3.63, 3.8) is 0 Å². The molecule has 0 saturated carbocycles. The molecule has 1 aromatic carbocycles. The van der Waals surface area contributed by atoms with E-state index < -0.39 is 0 Å². The quantitative estimate of drug-likeness (QED) is 0.769. The van der Waals surface area contributed by atoms with Gasteiger partial charge in [-0.3, -0.25) is 9.69 Å². The van der Waals surface area contributed by atoms with Crippen molar-refractivity contribution in [1.82, 2.24) is 19.8 Å². The molecule has 2 aliphatic heterocycles. The van der Waals surface area contributed by atoms with Crippen molar-refractivity contribution in [3.05, 3.63) is 30.6 Å². The zero-order valence-electron chi connectivity index (χ0n) is 15.9. The highest BCUT2D eigenvalue weighted by Crippen LogP contribution is 2.25. The number of rotatable bonds is 6. The van der Waals surface area contributed by atoms with E-state index in [0.717, 1.165) is 43.8 Å². The maximum Gasteiger partial charge on any atom is 0.260 e. The van der Waals surface area contributed by atoms with Gasteiger partial charge in [-0.05, 0) is 18.1 Å². The van der Waals surface area contributed by atoms with E-state index in [1.54, 1.807) is 4.90 Å². The van der Waals surface area contributed by atoms with Crippen LogP contribution in [0.25, 0.3) is 10.9 Å². The molecule has 0 spiro atoms. The molecule has 0 unspecified atom stereocenters. The molecule has 2 atom stereocenters. The van der Waals surface area contributed by atoms with Crippen LogP contribution in [0.3, 0.4) is 0 Å². The van der Waals surface area contributed by atoms with Gasteiger partial charge in [0.1, 0.15) is 6.33 Å². The fourth-order valence-corrected chi connectivity index (χ4v) is 3.99. The topological polar surface area (TPSA) is 88.0 Å². The molecule has 2 aromatic rings. The lowest BCUT2D eigenvalue weighted by molar-refractivity contribution is -0.132. The number of morpholine rings is 1. The number of aliphatic hydroxyl groups excluding tert-OH is 1. The second-order valence-corrected chi connectivity index (χ2v) is 7.40. The zero-order valence-corrected chi connectivity index (χ0v) is 15.9. The Morgan fingerprint density at radius 1 is 1.18 bits per heavy atom. The van der Waals surface area contributed by atoms with Gasteiger partial charge in [-0.15, -0.1) is 0 Å². The summed E-state index contributed by atoms with van der Waals surface area (Å²) in [6.07, 6.45) is 1.44. The van der Waals surface area contributed by atoms with Crippen LogP contribution in [0.15, 0.2) is 30.6 Å². The lowest BCUT2D eigenvalue weighted by Crippen LogP contribution is -2.41. The Morgan fingerprint density at radius 3 is 2.79 bits per heavy atom. The average Bonchev–Trinajstić information content (AvgIpc) is 3.15. The van der Waals surface area contributed by atoms with Gasteiger partial charge < -0.3 is 19.5 Å². The molecule has 2 fully saturated rings. The van der Waals surface area contributed by atoms with Crippen LogP contribution in [0.5, 0.6) is 5.88 Å². The Bertz CT molecular complexity index is 806. The summed E-state index contributed by atoms with van der Waals surface area (Å²) < 4.78 is 11.1. The molecule has 2 saturated heterocycles. The van der Waals surface area contributed by atoms with Crippen molar-refractivity contribution < 1.29 is 19.4 Å². The first-order valence-corrected chi connectivity index (χ1v) is 9.76. The predicted molar refractivity (Wildman–Crippen MR) is 103 cm³/mol. The molecule has 28 heavy (non-hydrogen) atoms. The first-order valence-electron chi connectivity index (χ1n) is 9.76. The highest BCUT2D eigenvalue weighted by Gasteiger charge is 2.36. The van der Waals surface area contributed by atoms with Crippen molar-refractivity contribution in [2.24, 2.45) is 11.8 Å². The van der Waals surface area contributed by atoms with E-state index in [1.807, 2.05) is 24.3 Å². The third-order valence-corrected chi connectivity index (χ3v) is 5.60. The van der Waals surface area contributed by atoms with E-state index in [9.17, 15) is 9.90 Å². The fraction of sp³-hybridized carbons (Fsp3) is 0.550. The normalized spacial score (nSPS) is 23.2. The minimum Gasteiger partial charge on any atom is -0.467 e. The van der Waals surface area contributed by atoms with Crippen LogP contribution in [-0.4, -0.2) is 89.9 Å². The van der Waals surface area contributed by atoms with Gasteiger partial charge in [0, 0.05) is 45.2 Å². The van der Waals surface area contributed by atoms with E-state index >= 15 is 0 Å². The molecular weight excluding hydrogens is 360 g/mol. The zero-order chi connectivity index (χ0) is 19.3. The summed E-state index contributed by atoms with van der Waals surface area (Å²) in [4.78, 5) is 25.2. The Balaban J connectivity index is 1.35. The van der Waals surface area contributed by atoms with Gasteiger partial charge in [0.25, 0.3) is 5.91 Å². The lowest BCUT2D eigenvalue weighted by Gasteiger charge is -2.30. The van der Waals surface area contributed by atoms with Crippen molar-refractivity contribution in [2.75, 3.05) is 59.2 Å². The molecule has 2 aliphatic rings. The molecule has 150 valence electrons. The van der Waals surface area contributed by atoms with Crippen molar-refractivity contribution in [1.29, 1.82) is 0 Å². The summed E-state index contributed by atoms with van der Waals surface area (Å²) in [5.41, 5.74) is 0.784. The van der Waals surface area contributed by atoms with Gasteiger partial charge in [-0.1, -0.05) is 12.1 Å². The summed E-state index contributed by atoms with van der Waals surface area (Å²) in [5, 5.41) is 10.6. The van der Waals surface area contributed by atoms with Crippen molar-refractivity contribution >= 4 is 16.8 Å². The van der Waals surface area contributed by atoms with Crippen LogP contribution in [0.1, 0.15) is 0 Å². The number of aromatic nitrogens is 2. The van der Waals surface area contributed by atoms with Gasteiger partial charge in [0.2, 0.25) is 5.88 Å². The maximum absolute atomic E-state index is 12.7. The number of carbonyl (C=O) groups is 1. The molecule has 0 radical (unpaired) electrons. The number of para-hydroxylation sites is 1. The lowest BCUT2D eigenvalue weighted by atomic mass is 9.96. The number of hydrogen-bond acceptors (Lipinski definition) is 7. The Kier molecular flexibility index (Phi) is 5.99. The number of nitrogens with zero attached hydrogens (tertiary/aromatic N) is 4. The summed E-state index contributed by atoms with van der Waals surface area (Å²) in [6.45, 7) is 5.45. The number of benzene rings is 1. The number of likely N-dealkylation sites (tertiary alicyclic amines) is 1. The molecule has 0 bridgehead atoms. The first kappa shape index (κ1) is 19.0. The predicted octanol–water partition coefficient (Wildman–Crippen LogP) is 0.408. The second kappa shape index (κ2) is 8.81. The first-order chi connectivity index (χ1) is 13.7. The fourth-order valence-electron chi connectivity index (χ4n) is 3.99. The third kappa shape index (κ3) is 4.24. The van der Waals surface area contributed by atoms with Gasteiger partial charge in [-0.25, -0.2) is 9.97 Å². The van der Waals surface area contributed by atoms with E-state index in [1.165, 1.54) is 6.33 Å². The average molecular weight is 386 g/mol. The molecule has 8 nitrogen and oxygen atoms in total. The van der Waals surface area contributed by atoms with E-state index in [0.29, 0.717) is 19.0 Å². The number of carbonyl (C=O) groups excluding carboxylic acids is 1. The minimum absolute atomic E-state index is 0.0660. The smallest absolute Gasteiger partial charge is 0.260 e. The number of amides is 1. The molecule has 1 N–H and O–H groups in total. The molecule has 1 aromatic heterocycles. The Morgan fingerprint density at radius 2 is 1.96 bits per heavy atom. The number of hydrogen-bond donors (Lipinski definition) is 1. The SMILES string of the molecule is O=C(COc1ncnc2ccccc12)N1C[C@@H](CO)[C@@H](CN2CCOCC2)C1. The Labute approximate surface area is 164 Å². The Hall–Kier alpha value is -2.29. The molecule has 0 aliphatic carbocycles. The van der Waals surface area contributed by atoms with Crippen LogP contribution in [-0.2, 0) is 9.53 Å². The molecular formula is C20H26N4O4. The number of ether oxygens (including phenoxy) is 2. The van der Waals surface area contributed by atoms with Crippen LogP contribution < -0.4 is 4.74 Å². The van der Waals surface area contributed by atoms with Crippen LogP contribution >= 0.6 is 0 Å². The van der Waals surface area contributed by atoms with Crippen LogP contribution in [0.2, 0.25) is 0 Å². The van der Waals surface area contributed by atoms with E-state index in [2.05, 4.69) is 14.9 Å². The van der Waals surface area contributed by atoms with Gasteiger partial charge in [0.15, 0.2) is 6.61 Å². The number of fused-ring (bicyclic) bond motifs is 1. The highest BCUT2D eigenvalue weighted by atomic mass is 16.5. The van der Waals surface area contributed by atoms with E-state index in [-0.39, 0.29) is 31.0 Å². The van der Waals surface area contributed by atoms with Crippen molar-refractivity contribution in [3.8, 4) is 5.88 Å². The second-order valence-electron chi connectivity index (χ2n) is 7.40. The summed E-state index contributed by atoms with van der Waals surface area (Å²) >= 11 is 0. The third-order valence-electron chi connectivity index (χ3n) is 5.60. The van der Waals surface area contributed by atoms with E-state index in [4.69, 9.17) is 9.47 Å². The van der Waals surface area contributed by atoms with Crippen LogP contribution in [0, 0.1) is 11.8 Å². The summed E-state index contributed by atoms with van der Waals surface area (Å²) in [6, 6.07) is 7.56. The minimum atomic E-state index is -0.0781. The van der Waals surface area contributed by atoms with Gasteiger partial charge >= 0.3 is 0 Å². The standard InChI is InChI=1S/C20H26N4O4/c25-12-16-11-24(10-15(16)9-23-5-7-27-8-6-23)19(26)13-28-20-17-3-1-2-4-18(17)21-14-22-20/h1-4,14-16,25H,5-13H2/t15-,16-/m0/s1. The summed E-state index contributed by atoms with van der Waals surface area (Å²) in [7, 11) is 0. The van der Waals surface area contributed by atoms with Crippen LogP contribution in [0.4, 0.5) is 0 Å². The van der Waals surface area contributed by atoms with Gasteiger partial charge in [-0.2, -0.15) is 0 Å². The highest BCUT2D eigenvalue weighted by molar-refractivity contribution is 5.84. The molecule has 4 rings (SSSR count). The monoisotopic (exact) mass is 386 g/mol. The molecule has 3 heterocycles. The largest absolute Gasteiger partial charge is 0.467 e.